The fourth-order valence-corrected chi connectivity index (χ4v) is 10.4. The van der Waals surface area contributed by atoms with Crippen molar-refractivity contribution in [3.8, 4) is 0 Å². The molecule has 0 radical (unpaired) electrons. The summed E-state index contributed by atoms with van der Waals surface area (Å²) in [4.78, 5) is 28.3. The van der Waals surface area contributed by atoms with Gasteiger partial charge in [-0.3, -0.25) is 9.69 Å². The fourth-order valence-electron chi connectivity index (χ4n) is 4.58. The topological polar surface area (TPSA) is 55.8 Å². The summed E-state index contributed by atoms with van der Waals surface area (Å²) in [5.74, 6) is 0.0449. The molecule has 1 amide bonds. The van der Waals surface area contributed by atoms with Crippen LogP contribution in [-0.2, 0) is 20.4 Å². The van der Waals surface area contributed by atoms with Gasteiger partial charge in [-0.25, -0.2) is 4.79 Å². The first-order valence-electron chi connectivity index (χ1n) is 12.0. The zero-order valence-electron chi connectivity index (χ0n) is 23.0. The van der Waals surface area contributed by atoms with E-state index in [1.54, 1.807) is 7.05 Å². The molecular formula is C27H47NO4Si. The molecule has 0 saturated heterocycles. The Labute approximate surface area is 203 Å². The highest BCUT2D eigenvalue weighted by Gasteiger charge is 2.58. The fraction of sp³-hybridized carbons (Fsp3) is 0.704. The summed E-state index contributed by atoms with van der Waals surface area (Å²) < 4.78 is 12.3. The quantitative estimate of drug-likeness (QED) is 0.389. The van der Waals surface area contributed by atoms with E-state index in [-0.39, 0.29) is 16.0 Å². The zero-order chi connectivity index (χ0) is 25.8. The van der Waals surface area contributed by atoms with Crippen molar-refractivity contribution in [3.63, 3.8) is 0 Å². The van der Waals surface area contributed by atoms with Gasteiger partial charge >= 0.3 is 12.1 Å². The summed E-state index contributed by atoms with van der Waals surface area (Å²) >= 11 is 0. The standard InChI is InChI=1S/C27H47NO4Si/c1-20(2)19-33(26(6,7)8,27(9,10)11)32-23(29)22(18-21-16-14-13-15-17-21)28(12)24(30)31-25(3,4)5/h13-17,20,22H,18-19H2,1-12H3/t22-/m0/s1. The predicted molar refractivity (Wildman–Crippen MR) is 139 cm³/mol. The van der Waals surface area contributed by atoms with Crippen LogP contribution >= 0.6 is 0 Å². The molecule has 0 spiro atoms. The number of benzene rings is 1. The van der Waals surface area contributed by atoms with E-state index in [2.05, 4.69) is 55.4 Å². The van der Waals surface area contributed by atoms with Crippen LogP contribution in [0.15, 0.2) is 30.3 Å². The summed E-state index contributed by atoms with van der Waals surface area (Å²) in [6.45, 7) is 22.9. The van der Waals surface area contributed by atoms with Gasteiger partial charge in [0.1, 0.15) is 11.6 Å². The monoisotopic (exact) mass is 477 g/mol. The first-order chi connectivity index (χ1) is 14.8. The minimum atomic E-state index is -2.66. The predicted octanol–water partition coefficient (Wildman–Crippen LogP) is 7.21. The maximum absolute atomic E-state index is 13.9. The Kier molecular flexibility index (Phi) is 9.40. The van der Waals surface area contributed by atoms with Crippen molar-refractivity contribution in [2.75, 3.05) is 7.05 Å². The molecule has 0 heterocycles. The van der Waals surface area contributed by atoms with Crippen LogP contribution < -0.4 is 0 Å². The van der Waals surface area contributed by atoms with Crippen LogP contribution in [0.25, 0.3) is 0 Å². The highest BCUT2D eigenvalue weighted by Crippen LogP contribution is 2.55. The lowest BCUT2D eigenvalue weighted by Crippen LogP contribution is -2.59. The average Bonchev–Trinajstić information content (AvgIpc) is 2.62. The Morgan fingerprint density at radius 2 is 1.39 bits per heavy atom. The average molecular weight is 478 g/mol. The molecular weight excluding hydrogens is 430 g/mol. The Balaban J connectivity index is 3.46. The van der Waals surface area contributed by atoms with Crippen molar-refractivity contribution in [3.05, 3.63) is 35.9 Å². The van der Waals surface area contributed by atoms with Crippen molar-refractivity contribution in [1.82, 2.24) is 4.90 Å². The summed E-state index contributed by atoms with van der Waals surface area (Å²) in [7, 11) is -1.03. The molecule has 1 aromatic rings. The van der Waals surface area contributed by atoms with Crippen LogP contribution in [0, 0.1) is 5.92 Å². The molecule has 0 bridgehead atoms. The van der Waals surface area contributed by atoms with E-state index >= 15 is 0 Å². The van der Waals surface area contributed by atoms with Crippen LogP contribution in [0.3, 0.4) is 0 Å². The van der Waals surface area contributed by atoms with Gasteiger partial charge in [-0.15, -0.1) is 0 Å². The van der Waals surface area contributed by atoms with E-state index in [0.717, 1.165) is 11.6 Å². The van der Waals surface area contributed by atoms with Crippen molar-refractivity contribution in [1.29, 1.82) is 0 Å². The van der Waals surface area contributed by atoms with Crippen LogP contribution in [-0.4, -0.2) is 44.0 Å². The Morgan fingerprint density at radius 1 is 0.909 bits per heavy atom. The number of nitrogens with zero attached hydrogens (tertiary/aromatic N) is 1. The lowest BCUT2D eigenvalue weighted by atomic mass is 10.1. The van der Waals surface area contributed by atoms with E-state index in [0.29, 0.717) is 12.3 Å². The molecule has 0 aromatic heterocycles. The molecule has 0 unspecified atom stereocenters. The van der Waals surface area contributed by atoms with Crippen molar-refractivity contribution in [2.24, 2.45) is 5.92 Å². The van der Waals surface area contributed by atoms with Gasteiger partial charge in [0.2, 0.25) is 0 Å². The highest BCUT2D eigenvalue weighted by molar-refractivity contribution is 6.80. The smallest absolute Gasteiger partial charge is 0.410 e. The number of carbonyl (C=O) groups excluding carboxylic acids is 2. The number of amides is 1. The van der Waals surface area contributed by atoms with Crippen molar-refractivity contribution < 1.29 is 18.8 Å². The van der Waals surface area contributed by atoms with E-state index < -0.39 is 26.1 Å². The number of likely N-dealkylation sites (N-methyl/N-ethyl adjacent to an activating group) is 1. The normalized spacial score (nSPS) is 14.1. The number of hydrogen-bond donors (Lipinski definition) is 0. The summed E-state index contributed by atoms with van der Waals surface area (Å²) in [6, 6.07) is 9.84. The molecule has 1 atom stereocenters. The molecule has 5 nitrogen and oxygen atoms in total. The second-order valence-electron chi connectivity index (χ2n) is 12.6. The van der Waals surface area contributed by atoms with Gasteiger partial charge in [0.15, 0.2) is 0 Å². The number of rotatable bonds is 7. The van der Waals surface area contributed by atoms with Gasteiger partial charge in [0, 0.05) is 13.5 Å². The van der Waals surface area contributed by atoms with Crippen LogP contribution in [0.5, 0.6) is 0 Å². The molecule has 33 heavy (non-hydrogen) atoms. The maximum Gasteiger partial charge on any atom is 0.410 e. The van der Waals surface area contributed by atoms with Gasteiger partial charge in [0.25, 0.3) is 8.32 Å². The molecule has 1 aromatic carbocycles. The molecule has 0 aliphatic carbocycles. The largest absolute Gasteiger partial charge is 0.516 e. The van der Waals surface area contributed by atoms with Crippen LogP contribution in [0.4, 0.5) is 4.79 Å². The molecule has 188 valence electrons. The molecule has 6 heteroatoms. The molecule has 0 N–H and O–H groups in total. The summed E-state index contributed by atoms with van der Waals surface area (Å²) in [5, 5.41) is -0.347. The molecule has 0 fully saturated rings. The van der Waals surface area contributed by atoms with Gasteiger partial charge < -0.3 is 9.16 Å². The van der Waals surface area contributed by atoms with Crippen molar-refractivity contribution in [2.45, 2.75) is 110 Å². The Morgan fingerprint density at radius 3 is 1.79 bits per heavy atom. The van der Waals surface area contributed by atoms with E-state index in [1.165, 1.54) is 4.90 Å². The Hall–Kier alpha value is -1.82. The van der Waals surface area contributed by atoms with Crippen LogP contribution in [0.1, 0.15) is 81.7 Å². The summed E-state index contributed by atoms with van der Waals surface area (Å²) in [6.07, 6.45) is -0.154. The SMILES string of the molecule is CC(C)C[Si](OC(=O)[C@H](Cc1ccccc1)N(C)C(=O)OC(C)(C)C)(C(C)(C)C)C(C)(C)C. The van der Waals surface area contributed by atoms with Gasteiger partial charge in [-0.1, -0.05) is 85.7 Å². The Bertz CT molecular complexity index is 771. The van der Waals surface area contributed by atoms with Crippen molar-refractivity contribution >= 4 is 20.4 Å². The van der Waals surface area contributed by atoms with Crippen LogP contribution in [0.2, 0.25) is 16.1 Å². The first-order valence-corrected chi connectivity index (χ1v) is 14.1. The lowest BCUT2D eigenvalue weighted by molar-refractivity contribution is -0.141. The molecule has 0 aliphatic heterocycles. The molecule has 0 aliphatic rings. The number of carbonyl (C=O) groups is 2. The van der Waals surface area contributed by atoms with Gasteiger partial charge in [-0.2, -0.15) is 0 Å². The van der Waals surface area contributed by atoms with E-state index in [9.17, 15) is 9.59 Å². The summed E-state index contributed by atoms with van der Waals surface area (Å²) in [5.41, 5.74) is 0.317. The third-order valence-electron chi connectivity index (χ3n) is 6.09. The third-order valence-corrected chi connectivity index (χ3v) is 12.9. The lowest BCUT2D eigenvalue weighted by Gasteiger charge is -2.51. The molecule has 0 saturated carbocycles. The maximum atomic E-state index is 13.9. The zero-order valence-corrected chi connectivity index (χ0v) is 24.0. The third kappa shape index (κ3) is 7.87. The minimum Gasteiger partial charge on any atom is -0.516 e. The second kappa shape index (κ2) is 10.6. The minimum absolute atomic E-state index is 0.174. The molecule has 1 rings (SSSR count). The van der Waals surface area contributed by atoms with Gasteiger partial charge in [-0.05, 0) is 48.4 Å². The van der Waals surface area contributed by atoms with E-state index in [1.807, 2.05) is 51.1 Å². The number of hydrogen-bond acceptors (Lipinski definition) is 4. The van der Waals surface area contributed by atoms with E-state index in [4.69, 9.17) is 9.16 Å². The number of ether oxygens (including phenoxy) is 1. The van der Waals surface area contributed by atoms with Gasteiger partial charge in [0.05, 0.1) is 0 Å². The highest BCUT2D eigenvalue weighted by atomic mass is 28.4. The second-order valence-corrected chi connectivity index (χ2v) is 17.9. The first kappa shape index (κ1) is 29.2.